The normalized spacial score (nSPS) is 10.9. The molecule has 40 heavy (non-hydrogen) atoms. The van der Waals surface area contributed by atoms with Crippen molar-refractivity contribution in [2.75, 3.05) is 25.3 Å². The SMILES string of the molecule is COc1ccc(C(=O)NCc2nnc(SCC(=O)Nc3nc4ccccc4s3)n2-c2cccc(Cl)c2)cc1OC. The van der Waals surface area contributed by atoms with Crippen molar-refractivity contribution >= 4 is 61.9 Å². The van der Waals surface area contributed by atoms with Gasteiger partial charge in [0.25, 0.3) is 5.91 Å². The molecule has 0 bridgehead atoms. The van der Waals surface area contributed by atoms with Crippen LogP contribution < -0.4 is 20.1 Å². The molecule has 5 rings (SSSR count). The van der Waals surface area contributed by atoms with Gasteiger partial charge >= 0.3 is 0 Å². The van der Waals surface area contributed by atoms with Crippen molar-refractivity contribution in [3.8, 4) is 17.2 Å². The van der Waals surface area contributed by atoms with Gasteiger partial charge in [0, 0.05) is 10.6 Å². The number of hydrogen-bond donors (Lipinski definition) is 2. The Kier molecular flexibility index (Phi) is 8.48. The molecule has 2 amide bonds. The first-order valence-corrected chi connectivity index (χ1v) is 14.1. The summed E-state index contributed by atoms with van der Waals surface area (Å²) in [5.74, 6) is 0.949. The molecular formula is C27H23ClN6O4S2. The Hall–Kier alpha value is -4.13. The Morgan fingerprint density at radius 3 is 2.60 bits per heavy atom. The molecular weight excluding hydrogens is 572 g/mol. The lowest BCUT2D eigenvalue weighted by molar-refractivity contribution is -0.113. The zero-order chi connectivity index (χ0) is 28.1. The highest BCUT2D eigenvalue weighted by Gasteiger charge is 2.18. The van der Waals surface area contributed by atoms with Crippen molar-refractivity contribution in [1.82, 2.24) is 25.1 Å². The third kappa shape index (κ3) is 6.19. The molecule has 0 aliphatic carbocycles. The highest BCUT2D eigenvalue weighted by atomic mass is 35.5. The van der Waals surface area contributed by atoms with E-state index in [1.54, 1.807) is 41.0 Å². The summed E-state index contributed by atoms with van der Waals surface area (Å²) >= 11 is 8.88. The van der Waals surface area contributed by atoms with Crippen LogP contribution in [0.4, 0.5) is 5.13 Å². The summed E-state index contributed by atoms with van der Waals surface area (Å²) < 4.78 is 13.3. The summed E-state index contributed by atoms with van der Waals surface area (Å²) in [6.45, 7) is 0.0746. The summed E-state index contributed by atoms with van der Waals surface area (Å²) in [6.07, 6.45) is 0. The first kappa shape index (κ1) is 27.4. The molecule has 0 saturated heterocycles. The molecule has 204 valence electrons. The van der Waals surface area contributed by atoms with Gasteiger partial charge in [0.15, 0.2) is 27.6 Å². The molecule has 2 heterocycles. The van der Waals surface area contributed by atoms with E-state index in [2.05, 4.69) is 25.8 Å². The first-order valence-electron chi connectivity index (χ1n) is 11.9. The highest BCUT2D eigenvalue weighted by Crippen LogP contribution is 2.29. The number of thiazole rings is 1. The number of hydrogen-bond acceptors (Lipinski definition) is 9. The van der Waals surface area contributed by atoms with E-state index < -0.39 is 0 Å². The number of nitrogens with one attached hydrogen (secondary N) is 2. The predicted octanol–water partition coefficient (Wildman–Crippen LogP) is 5.21. The Balaban J connectivity index is 1.31. The number of fused-ring (bicyclic) bond motifs is 1. The van der Waals surface area contributed by atoms with Gasteiger partial charge < -0.3 is 20.1 Å². The Labute approximate surface area is 242 Å². The van der Waals surface area contributed by atoms with Gasteiger partial charge in [-0.3, -0.25) is 14.2 Å². The van der Waals surface area contributed by atoms with Gasteiger partial charge in [0.05, 0.1) is 42.4 Å². The third-order valence-corrected chi connectivity index (χ3v) is 7.81. The fourth-order valence-corrected chi connectivity index (χ4v) is 5.67. The predicted molar refractivity (Wildman–Crippen MR) is 156 cm³/mol. The largest absolute Gasteiger partial charge is 0.493 e. The van der Waals surface area contributed by atoms with Crippen molar-refractivity contribution in [1.29, 1.82) is 0 Å². The number of rotatable bonds is 10. The van der Waals surface area contributed by atoms with Gasteiger partial charge in [0.1, 0.15) is 0 Å². The molecule has 0 radical (unpaired) electrons. The number of methoxy groups -OCH3 is 2. The number of benzene rings is 3. The van der Waals surface area contributed by atoms with Crippen molar-refractivity contribution in [2.24, 2.45) is 0 Å². The number of halogens is 1. The van der Waals surface area contributed by atoms with Crippen LogP contribution in [0, 0.1) is 0 Å². The lowest BCUT2D eigenvalue weighted by Gasteiger charge is -2.12. The molecule has 5 aromatic rings. The van der Waals surface area contributed by atoms with Gasteiger partial charge in [-0.05, 0) is 48.5 Å². The zero-order valence-corrected chi connectivity index (χ0v) is 23.8. The molecule has 0 spiro atoms. The second-order valence-electron chi connectivity index (χ2n) is 8.29. The number of ether oxygens (including phenoxy) is 2. The number of para-hydroxylation sites is 1. The van der Waals surface area contributed by atoms with Crippen molar-refractivity contribution in [3.63, 3.8) is 0 Å². The number of nitrogens with zero attached hydrogens (tertiary/aromatic N) is 4. The molecule has 13 heteroatoms. The smallest absolute Gasteiger partial charge is 0.251 e. The summed E-state index contributed by atoms with van der Waals surface area (Å²) in [4.78, 5) is 30.1. The molecule has 0 aliphatic heterocycles. The minimum absolute atomic E-state index is 0.0746. The number of carbonyl (C=O) groups excluding carboxylic acids is 2. The number of amides is 2. The topological polar surface area (TPSA) is 120 Å². The standard InChI is InChI=1S/C27H23ClN6O4S2/c1-37-20-11-10-16(12-21(20)38-2)25(36)29-14-23-32-33-27(34(23)18-7-5-6-17(28)13-18)39-15-24(35)31-26-30-19-8-3-4-9-22(19)40-26/h3-13H,14-15H2,1-2H3,(H,29,36)(H,30,31,35). The van der Waals surface area contributed by atoms with E-state index in [9.17, 15) is 9.59 Å². The first-order chi connectivity index (χ1) is 19.4. The molecule has 2 aromatic heterocycles. The van der Waals surface area contributed by atoms with Crippen LogP contribution in [0.2, 0.25) is 5.02 Å². The third-order valence-electron chi connectivity index (χ3n) is 5.69. The fourth-order valence-electron chi connectivity index (χ4n) is 3.83. The van der Waals surface area contributed by atoms with Crippen molar-refractivity contribution in [3.05, 3.63) is 83.1 Å². The van der Waals surface area contributed by atoms with Gasteiger partial charge in [-0.15, -0.1) is 10.2 Å². The monoisotopic (exact) mass is 594 g/mol. The van der Waals surface area contributed by atoms with E-state index in [0.29, 0.717) is 43.9 Å². The van der Waals surface area contributed by atoms with Crippen LogP contribution in [-0.4, -0.2) is 51.5 Å². The number of thioether (sulfide) groups is 1. The Morgan fingerprint density at radius 2 is 1.82 bits per heavy atom. The highest BCUT2D eigenvalue weighted by molar-refractivity contribution is 7.99. The maximum atomic E-state index is 12.9. The number of anilines is 1. The van der Waals surface area contributed by atoms with E-state index in [4.69, 9.17) is 21.1 Å². The van der Waals surface area contributed by atoms with Crippen molar-refractivity contribution in [2.45, 2.75) is 11.7 Å². The van der Waals surface area contributed by atoms with E-state index in [-0.39, 0.29) is 24.1 Å². The second kappa shape index (κ2) is 12.4. The van der Waals surface area contributed by atoms with E-state index in [1.165, 1.54) is 37.3 Å². The number of carbonyl (C=O) groups is 2. The fraction of sp³-hybridized carbons (Fsp3) is 0.148. The van der Waals surface area contributed by atoms with Gasteiger partial charge in [-0.25, -0.2) is 4.98 Å². The van der Waals surface area contributed by atoms with E-state index in [0.717, 1.165) is 10.2 Å². The van der Waals surface area contributed by atoms with E-state index in [1.807, 2.05) is 30.3 Å². The molecule has 3 aromatic carbocycles. The van der Waals surface area contributed by atoms with Crippen LogP contribution in [0.5, 0.6) is 11.5 Å². The molecule has 0 aliphatic rings. The van der Waals surface area contributed by atoms with Gasteiger partial charge in [0.2, 0.25) is 5.91 Å². The summed E-state index contributed by atoms with van der Waals surface area (Å²) in [6, 6.07) is 19.8. The summed E-state index contributed by atoms with van der Waals surface area (Å²) in [7, 11) is 3.03. The molecule has 2 N–H and O–H groups in total. The lowest BCUT2D eigenvalue weighted by Crippen LogP contribution is -2.24. The summed E-state index contributed by atoms with van der Waals surface area (Å²) in [5.41, 5.74) is 1.92. The molecule has 0 unspecified atom stereocenters. The van der Waals surface area contributed by atoms with Gasteiger partial charge in [-0.2, -0.15) is 0 Å². The molecule has 0 fully saturated rings. The molecule has 10 nitrogen and oxygen atoms in total. The van der Waals surface area contributed by atoms with Crippen LogP contribution in [0.15, 0.2) is 71.9 Å². The number of aromatic nitrogens is 4. The molecule has 0 atom stereocenters. The van der Waals surface area contributed by atoms with Crippen LogP contribution in [0.1, 0.15) is 16.2 Å². The van der Waals surface area contributed by atoms with Crippen LogP contribution in [0.3, 0.4) is 0 Å². The van der Waals surface area contributed by atoms with Crippen LogP contribution in [-0.2, 0) is 11.3 Å². The van der Waals surface area contributed by atoms with Gasteiger partial charge in [-0.1, -0.05) is 52.9 Å². The minimum atomic E-state index is -0.328. The Bertz CT molecular complexity index is 1660. The maximum absolute atomic E-state index is 12.9. The minimum Gasteiger partial charge on any atom is -0.493 e. The quantitative estimate of drug-likeness (QED) is 0.212. The lowest BCUT2D eigenvalue weighted by atomic mass is 10.2. The Morgan fingerprint density at radius 1 is 1.00 bits per heavy atom. The average Bonchev–Trinajstić information content (AvgIpc) is 3.57. The van der Waals surface area contributed by atoms with Crippen LogP contribution >= 0.6 is 34.7 Å². The van der Waals surface area contributed by atoms with Crippen molar-refractivity contribution < 1.29 is 19.1 Å². The molecule has 0 saturated carbocycles. The second-order valence-corrected chi connectivity index (χ2v) is 10.7. The maximum Gasteiger partial charge on any atom is 0.251 e. The van der Waals surface area contributed by atoms with E-state index >= 15 is 0 Å². The van der Waals surface area contributed by atoms with Crippen LogP contribution in [0.25, 0.3) is 15.9 Å². The average molecular weight is 595 g/mol. The zero-order valence-electron chi connectivity index (χ0n) is 21.4. The summed E-state index contributed by atoms with van der Waals surface area (Å²) in [5, 5.41) is 15.8.